The van der Waals surface area contributed by atoms with Crippen molar-refractivity contribution in [3.8, 4) is 0 Å². The van der Waals surface area contributed by atoms with Crippen LogP contribution in [-0.2, 0) is 0 Å². The number of amides is 2. The number of rotatable bonds is 3. The van der Waals surface area contributed by atoms with Crippen LogP contribution in [0.1, 0.15) is 25.0 Å². The second kappa shape index (κ2) is 8.99. The van der Waals surface area contributed by atoms with E-state index in [1.54, 1.807) is 0 Å². The minimum atomic E-state index is -1.61. The highest BCUT2D eigenvalue weighted by Gasteiger charge is 2.25. The molecule has 2 aliphatic rings. The number of anilines is 3. The van der Waals surface area contributed by atoms with Gasteiger partial charge < -0.3 is 20.0 Å². The smallest absolute Gasteiger partial charge is 0.322 e. The Hall–Kier alpha value is -3.04. The van der Waals surface area contributed by atoms with Crippen molar-refractivity contribution < 1.29 is 18.0 Å². The second-order valence-corrected chi connectivity index (χ2v) is 7.84. The molecule has 1 N–H and O–H groups in total. The minimum absolute atomic E-state index is 0.369. The molecule has 2 fully saturated rings. The van der Waals surface area contributed by atoms with E-state index in [2.05, 4.69) is 15.2 Å². The highest BCUT2D eigenvalue weighted by Crippen LogP contribution is 2.23. The molecule has 0 spiro atoms. The van der Waals surface area contributed by atoms with E-state index in [9.17, 15) is 18.0 Å². The summed E-state index contributed by atoms with van der Waals surface area (Å²) in [6.07, 6.45) is 3.56. The molecule has 3 heterocycles. The number of aromatic nitrogens is 2. The number of carbonyl (C=O) groups is 1. The molecule has 2 amide bonds. The fourth-order valence-corrected chi connectivity index (χ4v) is 3.89. The number of nitrogens with zero attached hydrogens (tertiary/aromatic N) is 5. The molecule has 0 aliphatic carbocycles. The van der Waals surface area contributed by atoms with Crippen LogP contribution in [0.15, 0.2) is 18.2 Å². The number of benzene rings is 1. The van der Waals surface area contributed by atoms with Crippen LogP contribution in [0.3, 0.4) is 0 Å². The van der Waals surface area contributed by atoms with Gasteiger partial charge >= 0.3 is 6.03 Å². The van der Waals surface area contributed by atoms with E-state index in [4.69, 9.17) is 4.98 Å². The van der Waals surface area contributed by atoms with Crippen molar-refractivity contribution in [2.75, 3.05) is 54.4 Å². The van der Waals surface area contributed by atoms with Crippen molar-refractivity contribution in [3.63, 3.8) is 0 Å². The Morgan fingerprint density at radius 3 is 2.32 bits per heavy atom. The number of piperazine rings is 1. The molecular formula is C21H25F3N6O. The number of hydrogen-bond donors (Lipinski definition) is 1. The standard InChI is InChI=1S/C21H25F3N6O/c1-14-13-17(28-7-3-2-4-8-28)27-20(25-14)29-9-11-30(12-10-29)21(31)26-16-6-5-15(22)18(23)19(16)24/h5-6,13H,2-4,7-12H2,1H3,(H,26,31). The van der Waals surface area contributed by atoms with Crippen molar-refractivity contribution in [1.82, 2.24) is 14.9 Å². The van der Waals surface area contributed by atoms with Gasteiger partial charge in [0.1, 0.15) is 5.82 Å². The summed E-state index contributed by atoms with van der Waals surface area (Å²) in [6.45, 7) is 5.68. The van der Waals surface area contributed by atoms with Gasteiger partial charge in [-0.15, -0.1) is 0 Å². The molecule has 2 aliphatic heterocycles. The maximum absolute atomic E-state index is 13.8. The van der Waals surface area contributed by atoms with E-state index >= 15 is 0 Å². The third-order valence-electron chi connectivity index (χ3n) is 5.64. The quantitative estimate of drug-likeness (QED) is 0.749. The summed E-state index contributed by atoms with van der Waals surface area (Å²) in [5, 5.41) is 2.31. The van der Waals surface area contributed by atoms with Crippen LogP contribution in [0.5, 0.6) is 0 Å². The monoisotopic (exact) mass is 434 g/mol. The number of aryl methyl sites for hydroxylation is 1. The first-order valence-corrected chi connectivity index (χ1v) is 10.5. The molecule has 31 heavy (non-hydrogen) atoms. The van der Waals surface area contributed by atoms with Gasteiger partial charge in [0.15, 0.2) is 17.5 Å². The normalized spacial score (nSPS) is 17.1. The number of carbonyl (C=O) groups excluding carboxylic acids is 1. The van der Waals surface area contributed by atoms with Crippen molar-refractivity contribution in [1.29, 1.82) is 0 Å². The van der Waals surface area contributed by atoms with Gasteiger partial charge in [0.2, 0.25) is 5.95 Å². The minimum Gasteiger partial charge on any atom is -0.356 e. The molecule has 0 radical (unpaired) electrons. The summed E-state index contributed by atoms with van der Waals surface area (Å²) in [5.41, 5.74) is 0.499. The highest BCUT2D eigenvalue weighted by molar-refractivity contribution is 5.89. The third kappa shape index (κ3) is 4.67. The van der Waals surface area contributed by atoms with Crippen molar-refractivity contribution in [2.45, 2.75) is 26.2 Å². The molecule has 2 saturated heterocycles. The largest absolute Gasteiger partial charge is 0.356 e. The zero-order valence-corrected chi connectivity index (χ0v) is 17.4. The average molecular weight is 434 g/mol. The Morgan fingerprint density at radius 2 is 1.61 bits per heavy atom. The van der Waals surface area contributed by atoms with Crippen LogP contribution in [-0.4, -0.2) is 60.2 Å². The summed E-state index contributed by atoms with van der Waals surface area (Å²) in [5.74, 6) is -2.76. The number of halogens is 3. The molecule has 0 unspecified atom stereocenters. The number of nitrogens with one attached hydrogen (secondary N) is 1. The molecule has 4 rings (SSSR count). The Bertz CT molecular complexity index is 958. The van der Waals surface area contributed by atoms with Crippen molar-refractivity contribution in [3.05, 3.63) is 41.3 Å². The van der Waals surface area contributed by atoms with E-state index in [1.165, 1.54) is 11.3 Å². The first kappa shape index (κ1) is 21.2. The lowest BCUT2D eigenvalue weighted by atomic mass is 10.1. The van der Waals surface area contributed by atoms with Crippen LogP contribution in [0.2, 0.25) is 0 Å². The fraction of sp³-hybridized carbons (Fsp3) is 0.476. The molecule has 166 valence electrons. The van der Waals surface area contributed by atoms with Gasteiger partial charge in [0.05, 0.1) is 5.69 Å². The molecule has 0 atom stereocenters. The summed E-state index contributed by atoms with van der Waals surface area (Å²) in [4.78, 5) is 27.5. The average Bonchev–Trinajstić information content (AvgIpc) is 2.79. The topological polar surface area (TPSA) is 64.6 Å². The lowest BCUT2D eigenvalue weighted by molar-refractivity contribution is 0.207. The maximum atomic E-state index is 13.8. The van der Waals surface area contributed by atoms with Crippen LogP contribution >= 0.6 is 0 Å². The Labute approximate surface area is 178 Å². The van der Waals surface area contributed by atoms with Gasteiger partial charge in [-0.05, 0) is 38.3 Å². The zero-order chi connectivity index (χ0) is 22.0. The predicted molar refractivity (Wildman–Crippen MR) is 112 cm³/mol. The molecule has 7 nitrogen and oxygen atoms in total. The number of hydrogen-bond acceptors (Lipinski definition) is 5. The van der Waals surface area contributed by atoms with E-state index in [-0.39, 0.29) is 5.69 Å². The maximum Gasteiger partial charge on any atom is 0.322 e. The molecule has 1 aromatic carbocycles. The molecular weight excluding hydrogens is 409 g/mol. The second-order valence-electron chi connectivity index (χ2n) is 7.84. The lowest BCUT2D eigenvalue weighted by Gasteiger charge is -2.35. The van der Waals surface area contributed by atoms with E-state index < -0.39 is 23.5 Å². The lowest BCUT2D eigenvalue weighted by Crippen LogP contribution is -2.50. The zero-order valence-electron chi connectivity index (χ0n) is 17.4. The van der Waals surface area contributed by atoms with Gasteiger partial charge in [-0.3, -0.25) is 0 Å². The van der Waals surface area contributed by atoms with E-state index in [0.717, 1.165) is 49.6 Å². The van der Waals surface area contributed by atoms with E-state index in [1.807, 2.05) is 17.9 Å². The Morgan fingerprint density at radius 1 is 0.903 bits per heavy atom. The number of urea groups is 1. The van der Waals surface area contributed by atoms with Gasteiger partial charge in [-0.2, -0.15) is 4.98 Å². The SMILES string of the molecule is Cc1cc(N2CCCCC2)nc(N2CCN(C(=O)Nc3ccc(F)c(F)c3F)CC2)n1. The van der Waals surface area contributed by atoms with E-state index in [0.29, 0.717) is 32.1 Å². The fourth-order valence-electron chi connectivity index (χ4n) is 3.89. The van der Waals surface area contributed by atoms with Crippen LogP contribution < -0.4 is 15.1 Å². The predicted octanol–water partition coefficient (Wildman–Crippen LogP) is 3.55. The molecule has 0 bridgehead atoms. The van der Waals surface area contributed by atoms with Gasteiger partial charge in [0, 0.05) is 51.0 Å². The van der Waals surface area contributed by atoms with Crippen molar-refractivity contribution >= 4 is 23.5 Å². The molecule has 0 saturated carbocycles. The highest BCUT2D eigenvalue weighted by atomic mass is 19.2. The Kier molecular flexibility index (Phi) is 6.15. The van der Waals surface area contributed by atoms with Crippen LogP contribution in [0.4, 0.5) is 35.4 Å². The Balaban J connectivity index is 1.39. The summed E-state index contributed by atoms with van der Waals surface area (Å²) >= 11 is 0. The summed E-state index contributed by atoms with van der Waals surface area (Å²) in [7, 11) is 0. The first-order valence-electron chi connectivity index (χ1n) is 10.5. The van der Waals surface area contributed by atoms with Gasteiger partial charge in [-0.1, -0.05) is 0 Å². The van der Waals surface area contributed by atoms with Crippen LogP contribution in [0.25, 0.3) is 0 Å². The van der Waals surface area contributed by atoms with Gasteiger partial charge in [0.25, 0.3) is 0 Å². The molecule has 10 heteroatoms. The summed E-state index contributed by atoms with van der Waals surface area (Å²) in [6, 6.07) is 3.21. The van der Waals surface area contributed by atoms with Crippen molar-refractivity contribution in [2.24, 2.45) is 0 Å². The first-order chi connectivity index (χ1) is 14.9. The third-order valence-corrected chi connectivity index (χ3v) is 5.64. The van der Waals surface area contributed by atoms with Crippen LogP contribution in [0, 0.1) is 24.4 Å². The molecule has 1 aromatic heterocycles. The number of piperidine rings is 1. The summed E-state index contributed by atoms with van der Waals surface area (Å²) < 4.78 is 40.3. The molecule has 2 aromatic rings. The van der Waals surface area contributed by atoms with Gasteiger partial charge in [-0.25, -0.2) is 22.9 Å².